The molecule has 0 unspecified atom stereocenters. The summed E-state index contributed by atoms with van der Waals surface area (Å²) >= 11 is 0. The van der Waals surface area contributed by atoms with Gasteiger partial charge in [-0.25, -0.2) is 0 Å². The molecule has 0 spiro atoms. The molecule has 0 radical (unpaired) electrons. The standard InChI is InChI=1S/C6H14N2O.ClH/c1-6(2,3-4-7)5(8)9;/h3-4,7H2,1-2H3,(H2,8,9);1H. The lowest BCUT2D eigenvalue weighted by molar-refractivity contribution is -0.126. The topological polar surface area (TPSA) is 69.1 Å². The summed E-state index contributed by atoms with van der Waals surface area (Å²) in [6.45, 7) is 4.10. The molecule has 0 bridgehead atoms. The SMILES string of the molecule is CC(C)(CCN)C(N)=O.Cl. The Morgan fingerprint density at radius 2 is 1.90 bits per heavy atom. The van der Waals surface area contributed by atoms with Crippen molar-refractivity contribution in [2.45, 2.75) is 20.3 Å². The van der Waals surface area contributed by atoms with Crippen molar-refractivity contribution in [1.29, 1.82) is 0 Å². The summed E-state index contributed by atoms with van der Waals surface area (Å²) in [5.41, 5.74) is 9.87. The van der Waals surface area contributed by atoms with Crippen LogP contribution in [0, 0.1) is 5.41 Å². The number of halogens is 1. The van der Waals surface area contributed by atoms with Crippen molar-refractivity contribution in [3.63, 3.8) is 0 Å². The number of carbonyl (C=O) groups is 1. The lowest BCUT2D eigenvalue weighted by atomic mass is 9.89. The zero-order chi connectivity index (χ0) is 7.49. The second-order valence-electron chi connectivity index (χ2n) is 2.79. The van der Waals surface area contributed by atoms with Gasteiger partial charge in [-0.2, -0.15) is 0 Å². The molecule has 3 nitrogen and oxygen atoms in total. The molecule has 0 saturated heterocycles. The maximum absolute atomic E-state index is 10.6. The number of amides is 1. The van der Waals surface area contributed by atoms with Crippen LogP contribution in [0.1, 0.15) is 20.3 Å². The fourth-order valence-electron chi connectivity index (χ4n) is 0.484. The first-order valence-electron chi connectivity index (χ1n) is 3.00. The Morgan fingerprint density at radius 3 is 2.00 bits per heavy atom. The van der Waals surface area contributed by atoms with E-state index in [-0.39, 0.29) is 18.3 Å². The van der Waals surface area contributed by atoms with Crippen molar-refractivity contribution in [3.05, 3.63) is 0 Å². The first-order valence-corrected chi connectivity index (χ1v) is 3.00. The van der Waals surface area contributed by atoms with Gasteiger partial charge in [0, 0.05) is 5.41 Å². The van der Waals surface area contributed by atoms with Crippen molar-refractivity contribution in [2.24, 2.45) is 16.9 Å². The van der Waals surface area contributed by atoms with Crippen molar-refractivity contribution >= 4 is 18.3 Å². The van der Waals surface area contributed by atoms with Crippen LogP contribution >= 0.6 is 12.4 Å². The summed E-state index contributed by atoms with van der Waals surface area (Å²) in [4.78, 5) is 10.6. The number of carbonyl (C=O) groups excluding carboxylic acids is 1. The van der Waals surface area contributed by atoms with Crippen LogP contribution in [-0.2, 0) is 4.79 Å². The van der Waals surface area contributed by atoms with E-state index in [0.29, 0.717) is 13.0 Å². The van der Waals surface area contributed by atoms with Gasteiger partial charge in [0.05, 0.1) is 0 Å². The van der Waals surface area contributed by atoms with Crippen LogP contribution in [0.15, 0.2) is 0 Å². The quantitative estimate of drug-likeness (QED) is 0.632. The molecule has 62 valence electrons. The lowest BCUT2D eigenvalue weighted by Crippen LogP contribution is -2.33. The minimum Gasteiger partial charge on any atom is -0.369 e. The van der Waals surface area contributed by atoms with E-state index in [4.69, 9.17) is 11.5 Å². The van der Waals surface area contributed by atoms with Crippen LogP contribution in [0.2, 0.25) is 0 Å². The number of hydrogen-bond donors (Lipinski definition) is 2. The van der Waals surface area contributed by atoms with E-state index in [1.807, 2.05) is 0 Å². The summed E-state index contributed by atoms with van der Waals surface area (Å²) in [7, 11) is 0. The highest BCUT2D eigenvalue weighted by Crippen LogP contribution is 2.17. The van der Waals surface area contributed by atoms with Gasteiger partial charge < -0.3 is 11.5 Å². The molecule has 0 aromatic carbocycles. The second kappa shape index (κ2) is 4.52. The number of primary amides is 1. The van der Waals surface area contributed by atoms with Gasteiger partial charge in [-0.3, -0.25) is 4.79 Å². The molecule has 0 aromatic rings. The van der Waals surface area contributed by atoms with Crippen LogP contribution < -0.4 is 11.5 Å². The van der Waals surface area contributed by atoms with E-state index in [1.165, 1.54) is 0 Å². The largest absolute Gasteiger partial charge is 0.369 e. The van der Waals surface area contributed by atoms with E-state index in [0.717, 1.165) is 0 Å². The molecule has 0 atom stereocenters. The normalized spacial score (nSPS) is 10.3. The van der Waals surface area contributed by atoms with Crippen molar-refractivity contribution < 1.29 is 4.79 Å². The molecule has 0 aliphatic rings. The van der Waals surface area contributed by atoms with E-state index < -0.39 is 5.41 Å². The van der Waals surface area contributed by atoms with Gasteiger partial charge in [-0.1, -0.05) is 13.8 Å². The van der Waals surface area contributed by atoms with Gasteiger partial charge in [0.1, 0.15) is 0 Å². The zero-order valence-electron chi connectivity index (χ0n) is 6.39. The molecule has 0 fully saturated rings. The predicted octanol–water partition coefficient (Wildman–Crippen LogP) is 0.269. The number of hydrogen-bond acceptors (Lipinski definition) is 2. The zero-order valence-corrected chi connectivity index (χ0v) is 7.20. The molecule has 4 heteroatoms. The fraction of sp³-hybridized carbons (Fsp3) is 0.833. The molecule has 0 saturated carbocycles. The molecule has 10 heavy (non-hydrogen) atoms. The maximum Gasteiger partial charge on any atom is 0.223 e. The van der Waals surface area contributed by atoms with Crippen molar-refractivity contribution in [3.8, 4) is 0 Å². The Hall–Kier alpha value is -0.280. The second-order valence-corrected chi connectivity index (χ2v) is 2.79. The monoisotopic (exact) mass is 166 g/mol. The minimum atomic E-state index is -0.436. The molecule has 0 heterocycles. The molecular weight excluding hydrogens is 152 g/mol. The van der Waals surface area contributed by atoms with E-state index in [9.17, 15) is 4.79 Å². The molecule has 0 aliphatic carbocycles. The van der Waals surface area contributed by atoms with Crippen molar-refractivity contribution in [1.82, 2.24) is 0 Å². The van der Waals surface area contributed by atoms with Crippen LogP contribution in [0.3, 0.4) is 0 Å². The Bertz CT molecular complexity index is 114. The van der Waals surface area contributed by atoms with E-state index >= 15 is 0 Å². The Morgan fingerprint density at radius 1 is 1.50 bits per heavy atom. The lowest BCUT2D eigenvalue weighted by Gasteiger charge is -2.18. The molecule has 0 aliphatic heterocycles. The van der Waals surface area contributed by atoms with E-state index in [2.05, 4.69) is 0 Å². The summed E-state index contributed by atoms with van der Waals surface area (Å²) in [6, 6.07) is 0. The van der Waals surface area contributed by atoms with Crippen LogP contribution in [0.4, 0.5) is 0 Å². The Balaban J connectivity index is 0. The van der Waals surface area contributed by atoms with Gasteiger partial charge >= 0.3 is 0 Å². The Labute approximate surface area is 67.6 Å². The summed E-state index contributed by atoms with van der Waals surface area (Å²) in [5.74, 6) is -0.284. The third kappa shape index (κ3) is 3.69. The highest BCUT2D eigenvalue weighted by atomic mass is 35.5. The van der Waals surface area contributed by atoms with Crippen LogP contribution in [0.5, 0.6) is 0 Å². The van der Waals surface area contributed by atoms with Crippen LogP contribution in [-0.4, -0.2) is 12.5 Å². The summed E-state index contributed by atoms with van der Waals surface area (Å²) in [5, 5.41) is 0. The van der Waals surface area contributed by atoms with E-state index in [1.54, 1.807) is 13.8 Å². The first-order chi connectivity index (χ1) is 4.00. The summed E-state index contributed by atoms with van der Waals surface area (Å²) in [6.07, 6.45) is 0.655. The molecule has 0 aromatic heterocycles. The molecule has 0 rings (SSSR count). The smallest absolute Gasteiger partial charge is 0.223 e. The Kier molecular flexibility index (Phi) is 5.61. The van der Waals surface area contributed by atoms with Crippen LogP contribution in [0.25, 0.3) is 0 Å². The molecular formula is C6H15ClN2O. The first kappa shape index (κ1) is 12.4. The number of rotatable bonds is 3. The highest BCUT2D eigenvalue weighted by molar-refractivity contribution is 5.85. The minimum absolute atomic E-state index is 0. The van der Waals surface area contributed by atoms with Gasteiger partial charge in [-0.15, -0.1) is 12.4 Å². The summed E-state index contributed by atoms with van der Waals surface area (Å²) < 4.78 is 0. The highest BCUT2D eigenvalue weighted by Gasteiger charge is 2.22. The third-order valence-electron chi connectivity index (χ3n) is 1.44. The fourth-order valence-corrected chi connectivity index (χ4v) is 0.484. The van der Waals surface area contributed by atoms with Gasteiger partial charge in [0.2, 0.25) is 5.91 Å². The average molecular weight is 167 g/mol. The third-order valence-corrected chi connectivity index (χ3v) is 1.44. The van der Waals surface area contributed by atoms with Gasteiger partial charge in [0.25, 0.3) is 0 Å². The van der Waals surface area contributed by atoms with Crippen molar-refractivity contribution in [2.75, 3.05) is 6.54 Å². The molecule has 4 N–H and O–H groups in total. The molecule has 1 amide bonds. The average Bonchev–Trinajstić information content (AvgIpc) is 1.65. The number of nitrogens with two attached hydrogens (primary N) is 2. The maximum atomic E-state index is 10.6. The van der Waals surface area contributed by atoms with Gasteiger partial charge in [0.15, 0.2) is 0 Å². The predicted molar refractivity (Wildman–Crippen MR) is 43.9 cm³/mol. The van der Waals surface area contributed by atoms with Gasteiger partial charge in [-0.05, 0) is 13.0 Å².